The van der Waals surface area contributed by atoms with Crippen molar-refractivity contribution in [2.45, 2.75) is 37.3 Å². The molecular formula is C13H20CuO3. The smallest absolute Gasteiger partial charge is 0.339 e. The second-order valence-corrected chi connectivity index (χ2v) is 6.26. The van der Waals surface area contributed by atoms with Gasteiger partial charge in [-0.2, -0.15) is 0 Å². The summed E-state index contributed by atoms with van der Waals surface area (Å²) in [5, 5.41) is 17.3. The van der Waals surface area contributed by atoms with Crippen molar-refractivity contribution in [3.05, 3.63) is 29.8 Å². The van der Waals surface area contributed by atoms with Gasteiger partial charge in [0.1, 0.15) is 11.3 Å². The van der Waals surface area contributed by atoms with E-state index in [9.17, 15) is 4.79 Å². The Morgan fingerprint density at radius 1 is 1.12 bits per heavy atom. The van der Waals surface area contributed by atoms with Gasteiger partial charge < -0.3 is 10.2 Å². The van der Waals surface area contributed by atoms with Gasteiger partial charge in [-0.05, 0) is 12.1 Å². The quantitative estimate of drug-likeness (QED) is 0.831. The van der Waals surface area contributed by atoms with Gasteiger partial charge in [0.05, 0.1) is 0 Å². The number of para-hydroxylation sites is 1. The number of carboxylic acids is 1. The second kappa shape index (κ2) is 8.15. The van der Waals surface area contributed by atoms with Crippen LogP contribution in [0.5, 0.6) is 5.75 Å². The van der Waals surface area contributed by atoms with Crippen LogP contribution in [-0.2, 0) is 15.0 Å². The molecule has 2 N–H and O–H groups in total. The normalized spacial score (nSPS) is 10.2. The fraction of sp³-hybridized carbons (Fsp3) is 0.462. The summed E-state index contributed by atoms with van der Waals surface area (Å²) in [5.41, 5.74) is -0.0671. The molecule has 0 radical (unpaired) electrons. The number of aromatic hydroxyl groups is 1. The average molecular weight is 288 g/mol. The molecule has 0 aromatic heterocycles. The van der Waals surface area contributed by atoms with Crippen molar-refractivity contribution in [3.63, 3.8) is 0 Å². The third-order valence-electron chi connectivity index (χ3n) is 1.54. The molecule has 0 spiro atoms. The van der Waals surface area contributed by atoms with E-state index in [0.717, 1.165) is 9.63 Å². The summed E-state index contributed by atoms with van der Waals surface area (Å²) in [7, 11) is 0. The van der Waals surface area contributed by atoms with E-state index in [-0.39, 0.29) is 11.3 Å². The summed E-state index contributed by atoms with van der Waals surface area (Å²) in [5.74, 6) is -1.31. The van der Waals surface area contributed by atoms with E-state index in [2.05, 4.69) is 42.7 Å². The molecule has 0 saturated carbocycles. The van der Waals surface area contributed by atoms with Gasteiger partial charge in [-0.1, -0.05) is 12.1 Å². The molecule has 4 heteroatoms. The van der Waals surface area contributed by atoms with Crippen LogP contribution in [0.4, 0.5) is 0 Å². The number of carbonyl (C=O) groups is 1. The molecule has 0 amide bonds. The molecule has 0 bridgehead atoms. The van der Waals surface area contributed by atoms with Gasteiger partial charge in [-0.15, -0.1) is 0 Å². The summed E-state index contributed by atoms with van der Waals surface area (Å²) in [6, 6.07) is 5.81. The van der Waals surface area contributed by atoms with E-state index in [1.165, 1.54) is 12.1 Å². The van der Waals surface area contributed by atoms with Crippen molar-refractivity contribution in [3.8, 4) is 5.75 Å². The summed E-state index contributed by atoms with van der Waals surface area (Å²) in [4.78, 5) is 11.8. The van der Waals surface area contributed by atoms with E-state index < -0.39 is 5.97 Å². The third-order valence-corrected chi connectivity index (χ3v) is 2.79. The van der Waals surface area contributed by atoms with Gasteiger partial charge in [-0.25, -0.2) is 4.79 Å². The van der Waals surface area contributed by atoms with Gasteiger partial charge in [0.15, 0.2) is 0 Å². The van der Waals surface area contributed by atoms with Crippen molar-refractivity contribution < 1.29 is 30.0 Å². The van der Waals surface area contributed by atoms with Crippen LogP contribution in [0.2, 0.25) is 9.63 Å². The Bertz CT molecular complexity index is 342. The Morgan fingerprint density at radius 3 is 1.82 bits per heavy atom. The van der Waals surface area contributed by atoms with E-state index in [4.69, 9.17) is 10.2 Å². The summed E-state index contributed by atoms with van der Waals surface area (Å²) in [6.07, 6.45) is 0. The van der Waals surface area contributed by atoms with Gasteiger partial charge in [-0.3, -0.25) is 0 Å². The molecule has 1 aromatic carbocycles. The summed E-state index contributed by atoms with van der Waals surface area (Å²) < 4.78 is 0. The molecular weight excluding hydrogens is 268 g/mol. The molecule has 0 aliphatic carbocycles. The Morgan fingerprint density at radius 2 is 1.59 bits per heavy atom. The first-order valence-electron chi connectivity index (χ1n) is 5.39. The molecule has 3 nitrogen and oxygen atoms in total. The zero-order chi connectivity index (χ0) is 13.4. The van der Waals surface area contributed by atoms with Crippen molar-refractivity contribution in [2.75, 3.05) is 0 Å². The largest absolute Gasteiger partial charge is 0.507 e. The summed E-state index contributed by atoms with van der Waals surface area (Å²) >= 11 is 2.09. The first-order chi connectivity index (χ1) is 7.84. The zero-order valence-electron chi connectivity index (χ0n) is 10.6. The molecule has 0 heterocycles. The standard InChI is InChI=1S/C7H6O3.2C3H7.Cu/c8-6-4-2-1-3-5(6)7(9)10;2*1-3-2;/h1-4,8H,(H,9,10);2*3H,1-2H3;. The fourth-order valence-corrected chi connectivity index (χ4v) is 2.31. The Kier molecular flexibility index (Phi) is 7.68. The molecule has 17 heavy (non-hydrogen) atoms. The van der Waals surface area contributed by atoms with Crippen molar-refractivity contribution in [2.24, 2.45) is 0 Å². The van der Waals surface area contributed by atoms with Crippen molar-refractivity contribution >= 4 is 5.97 Å². The van der Waals surface area contributed by atoms with Crippen LogP contribution in [-0.4, -0.2) is 16.2 Å². The maximum atomic E-state index is 10.3. The van der Waals surface area contributed by atoms with Gasteiger partial charge >= 0.3 is 58.3 Å². The molecule has 0 saturated heterocycles. The number of hydrogen-bond donors (Lipinski definition) is 2. The van der Waals surface area contributed by atoms with Crippen molar-refractivity contribution in [1.82, 2.24) is 0 Å². The van der Waals surface area contributed by atoms with E-state index in [1.54, 1.807) is 12.1 Å². The minimum atomic E-state index is -1.11. The monoisotopic (exact) mass is 287 g/mol. The number of carboxylic acid groups (broad SMARTS) is 1. The molecule has 0 unspecified atom stereocenters. The molecule has 0 aliphatic rings. The van der Waals surface area contributed by atoms with Crippen LogP contribution < -0.4 is 0 Å². The molecule has 0 atom stereocenters. The van der Waals surface area contributed by atoms with Gasteiger partial charge in [0, 0.05) is 0 Å². The van der Waals surface area contributed by atoms with Crippen LogP contribution in [0.15, 0.2) is 24.3 Å². The van der Waals surface area contributed by atoms with E-state index >= 15 is 0 Å². The zero-order valence-corrected chi connectivity index (χ0v) is 11.5. The maximum Gasteiger partial charge on any atom is 0.339 e. The first-order valence-corrected chi connectivity index (χ1v) is 6.47. The number of benzene rings is 1. The van der Waals surface area contributed by atoms with Crippen LogP contribution in [0.25, 0.3) is 0 Å². The molecule has 1 rings (SSSR count). The Hall–Kier alpha value is -0.991. The number of rotatable bonds is 3. The van der Waals surface area contributed by atoms with Crippen LogP contribution in [0.3, 0.4) is 0 Å². The SMILES string of the molecule is C[CH](C)[Cu][CH](C)C.O=C(O)c1ccccc1O. The molecule has 0 fully saturated rings. The minimum Gasteiger partial charge on any atom is -0.507 e. The van der Waals surface area contributed by atoms with E-state index in [0.29, 0.717) is 0 Å². The van der Waals surface area contributed by atoms with Gasteiger partial charge in [0.25, 0.3) is 0 Å². The first kappa shape index (κ1) is 16.0. The predicted octanol–water partition coefficient (Wildman–Crippen LogP) is 3.82. The number of hydrogen-bond acceptors (Lipinski definition) is 2. The average Bonchev–Trinajstić information content (AvgIpc) is 2.16. The number of aromatic carboxylic acids is 1. The van der Waals surface area contributed by atoms with Gasteiger partial charge in [0.2, 0.25) is 0 Å². The molecule has 101 valence electrons. The minimum absolute atomic E-state index is 0.0671. The van der Waals surface area contributed by atoms with Crippen molar-refractivity contribution in [1.29, 1.82) is 0 Å². The molecule has 0 aliphatic heterocycles. The van der Waals surface area contributed by atoms with Crippen LogP contribution in [0.1, 0.15) is 38.1 Å². The maximum absolute atomic E-state index is 10.3. The Labute approximate surface area is 109 Å². The molecule has 1 aromatic rings. The topological polar surface area (TPSA) is 57.5 Å². The summed E-state index contributed by atoms with van der Waals surface area (Å²) in [6.45, 7) is 8.89. The van der Waals surface area contributed by atoms with Crippen LogP contribution >= 0.6 is 0 Å². The predicted molar refractivity (Wildman–Crippen MR) is 65.3 cm³/mol. The number of phenols is 1. The fourth-order valence-electron chi connectivity index (χ4n) is 1.06. The second-order valence-electron chi connectivity index (χ2n) is 3.77. The third kappa shape index (κ3) is 7.83. The van der Waals surface area contributed by atoms with Crippen LogP contribution in [0, 0.1) is 0 Å². The Balaban J connectivity index is 0.000000325. The van der Waals surface area contributed by atoms with E-state index in [1.807, 2.05) is 0 Å².